The second-order valence-corrected chi connectivity index (χ2v) is 7.96. The van der Waals surface area contributed by atoms with Gasteiger partial charge in [-0.3, -0.25) is 4.79 Å². The van der Waals surface area contributed by atoms with Crippen molar-refractivity contribution in [3.63, 3.8) is 0 Å². The molecule has 0 fully saturated rings. The maximum Gasteiger partial charge on any atom is 0.321 e. The molecule has 128 valence electrons. The standard InChI is InChI=1S/C16H15BrFNO4S/c1-19(24(21,22)15-8-6-14(18)7-9-15)10-16(20)23-11-12-2-4-13(17)5-3-12/h2-9H,10-11H2,1H3. The van der Waals surface area contributed by atoms with Gasteiger partial charge in [-0.1, -0.05) is 28.1 Å². The van der Waals surface area contributed by atoms with Gasteiger partial charge in [-0.25, -0.2) is 12.8 Å². The van der Waals surface area contributed by atoms with Gasteiger partial charge in [0.15, 0.2) is 0 Å². The van der Waals surface area contributed by atoms with Crippen molar-refractivity contribution < 1.29 is 22.3 Å². The van der Waals surface area contributed by atoms with Gasteiger partial charge in [0.1, 0.15) is 19.0 Å². The number of benzene rings is 2. The van der Waals surface area contributed by atoms with Crippen molar-refractivity contribution in [1.29, 1.82) is 0 Å². The molecule has 0 saturated carbocycles. The second-order valence-electron chi connectivity index (χ2n) is 5.00. The maximum absolute atomic E-state index is 12.9. The highest BCUT2D eigenvalue weighted by molar-refractivity contribution is 9.10. The van der Waals surface area contributed by atoms with E-state index in [2.05, 4.69) is 15.9 Å². The van der Waals surface area contributed by atoms with Crippen molar-refractivity contribution in [3.8, 4) is 0 Å². The molecule has 0 bridgehead atoms. The lowest BCUT2D eigenvalue weighted by molar-refractivity contribution is -0.144. The van der Waals surface area contributed by atoms with Crippen LogP contribution < -0.4 is 0 Å². The molecule has 0 amide bonds. The first kappa shape index (κ1) is 18.6. The second kappa shape index (κ2) is 7.87. The first-order valence-electron chi connectivity index (χ1n) is 6.91. The van der Waals surface area contributed by atoms with E-state index in [1.165, 1.54) is 7.05 Å². The molecule has 2 aromatic rings. The Morgan fingerprint density at radius 3 is 2.29 bits per heavy atom. The summed E-state index contributed by atoms with van der Waals surface area (Å²) in [4.78, 5) is 11.7. The topological polar surface area (TPSA) is 63.7 Å². The molecular formula is C16H15BrFNO4S. The number of carbonyl (C=O) groups is 1. The summed E-state index contributed by atoms with van der Waals surface area (Å²) in [6.07, 6.45) is 0. The van der Waals surface area contributed by atoms with Gasteiger partial charge in [0.25, 0.3) is 0 Å². The van der Waals surface area contributed by atoms with Gasteiger partial charge in [-0.15, -0.1) is 0 Å². The van der Waals surface area contributed by atoms with E-state index in [9.17, 15) is 17.6 Å². The molecule has 0 spiro atoms. The Kier molecular flexibility index (Phi) is 6.09. The average Bonchev–Trinajstić information content (AvgIpc) is 2.54. The van der Waals surface area contributed by atoms with Crippen LogP contribution in [-0.2, 0) is 26.2 Å². The number of esters is 1. The number of hydrogen-bond acceptors (Lipinski definition) is 4. The summed E-state index contributed by atoms with van der Waals surface area (Å²) >= 11 is 3.30. The van der Waals surface area contributed by atoms with Crippen LogP contribution in [0.25, 0.3) is 0 Å². The van der Waals surface area contributed by atoms with Crippen molar-refractivity contribution in [2.75, 3.05) is 13.6 Å². The van der Waals surface area contributed by atoms with E-state index in [0.29, 0.717) is 0 Å². The molecule has 0 atom stereocenters. The largest absolute Gasteiger partial charge is 0.460 e. The van der Waals surface area contributed by atoms with Crippen molar-refractivity contribution >= 4 is 31.9 Å². The van der Waals surface area contributed by atoms with Gasteiger partial charge in [0.05, 0.1) is 4.90 Å². The molecule has 0 unspecified atom stereocenters. The predicted octanol–water partition coefficient (Wildman–Crippen LogP) is 2.95. The third kappa shape index (κ3) is 4.86. The Hall–Kier alpha value is -1.77. The summed E-state index contributed by atoms with van der Waals surface area (Å²) < 4.78 is 44.3. The summed E-state index contributed by atoms with van der Waals surface area (Å²) in [6, 6.07) is 11.6. The molecule has 0 heterocycles. The number of nitrogens with zero attached hydrogens (tertiary/aromatic N) is 1. The van der Waals surface area contributed by atoms with Crippen LogP contribution in [0.3, 0.4) is 0 Å². The summed E-state index contributed by atoms with van der Waals surface area (Å²) in [7, 11) is -2.62. The zero-order chi connectivity index (χ0) is 17.7. The molecule has 8 heteroatoms. The summed E-state index contributed by atoms with van der Waals surface area (Å²) in [5, 5.41) is 0. The van der Waals surface area contributed by atoms with E-state index in [1.54, 1.807) is 12.1 Å². The maximum atomic E-state index is 12.9. The van der Waals surface area contributed by atoms with Gasteiger partial charge >= 0.3 is 5.97 Å². The van der Waals surface area contributed by atoms with Crippen LogP contribution in [0.15, 0.2) is 57.9 Å². The number of likely N-dealkylation sites (N-methyl/N-ethyl adjacent to an activating group) is 1. The lowest BCUT2D eigenvalue weighted by Crippen LogP contribution is -2.33. The highest BCUT2D eigenvalue weighted by atomic mass is 79.9. The summed E-state index contributed by atoms with van der Waals surface area (Å²) in [5.74, 6) is -1.21. The van der Waals surface area contributed by atoms with Gasteiger partial charge in [0, 0.05) is 11.5 Å². The average molecular weight is 416 g/mol. The third-order valence-corrected chi connectivity index (χ3v) is 5.53. The highest BCUT2D eigenvalue weighted by Crippen LogP contribution is 2.15. The van der Waals surface area contributed by atoms with Crippen LogP contribution in [0, 0.1) is 5.82 Å². The van der Waals surface area contributed by atoms with Crippen LogP contribution in [0.5, 0.6) is 0 Å². The number of sulfonamides is 1. The van der Waals surface area contributed by atoms with E-state index in [4.69, 9.17) is 4.74 Å². The van der Waals surface area contributed by atoms with Gasteiger partial charge in [-0.2, -0.15) is 4.31 Å². The fourth-order valence-electron chi connectivity index (χ4n) is 1.84. The minimum Gasteiger partial charge on any atom is -0.460 e. The molecule has 2 rings (SSSR count). The molecular weight excluding hydrogens is 401 g/mol. The van der Waals surface area contributed by atoms with Crippen LogP contribution in [0.4, 0.5) is 4.39 Å². The van der Waals surface area contributed by atoms with Crippen LogP contribution in [0.1, 0.15) is 5.56 Å². The SMILES string of the molecule is CN(CC(=O)OCc1ccc(Br)cc1)S(=O)(=O)c1ccc(F)cc1. The first-order valence-corrected chi connectivity index (χ1v) is 9.14. The minimum absolute atomic E-state index is 0.0521. The van der Waals surface area contributed by atoms with Crippen molar-refractivity contribution in [2.45, 2.75) is 11.5 Å². The molecule has 2 aromatic carbocycles. The van der Waals surface area contributed by atoms with Crippen molar-refractivity contribution in [2.24, 2.45) is 0 Å². The molecule has 0 aliphatic carbocycles. The monoisotopic (exact) mass is 415 g/mol. The number of ether oxygens (including phenoxy) is 1. The van der Waals surface area contributed by atoms with Crippen molar-refractivity contribution in [1.82, 2.24) is 4.31 Å². The molecule has 0 aliphatic rings. The normalized spacial score (nSPS) is 11.5. The zero-order valence-corrected chi connectivity index (χ0v) is 15.2. The quantitative estimate of drug-likeness (QED) is 0.680. The van der Waals surface area contributed by atoms with Crippen molar-refractivity contribution in [3.05, 3.63) is 64.4 Å². The molecule has 24 heavy (non-hydrogen) atoms. The lowest BCUT2D eigenvalue weighted by Gasteiger charge is -2.16. The number of hydrogen-bond donors (Lipinski definition) is 0. The Labute approximate surface area is 148 Å². The molecule has 5 nitrogen and oxygen atoms in total. The minimum atomic E-state index is -3.88. The Morgan fingerprint density at radius 1 is 1.12 bits per heavy atom. The molecule has 0 saturated heterocycles. The van der Waals surface area contributed by atoms with Crippen LogP contribution in [-0.4, -0.2) is 32.3 Å². The lowest BCUT2D eigenvalue weighted by atomic mass is 10.2. The zero-order valence-electron chi connectivity index (χ0n) is 12.8. The number of halogens is 2. The van der Waals surface area contributed by atoms with Crippen LogP contribution >= 0.6 is 15.9 Å². The Bertz CT molecular complexity index is 807. The van der Waals surface area contributed by atoms with Gasteiger partial charge in [-0.05, 0) is 42.0 Å². The molecule has 0 aromatic heterocycles. The Balaban J connectivity index is 1.95. The van der Waals surface area contributed by atoms with E-state index >= 15 is 0 Å². The predicted molar refractivity (Wildman–Crippen MR) is 90.2 cm³/mol. The molecule has 0 radical (unpaired) electrons. The smallest absolute Gasteiger partial charge is 0.321 e. The van der Waals surface area contributed by atoms with E-state index in [-0.39, 0.29) is 11.5 Å². The van der Waals surface area contributed by atoms with E-state index in [1.807, 2.05) is 12.1 Å². The third-order valence-electron chi connectivity index (χ3n) is 3.19. The van der Waals surface area contributed by atoms with E-state index < -0.39 is 28.4 Å². The number of carbonyl (C=O) groups excluding carboxylic acids is 1. The summed E-state index contributed by atoms with van der Waals surface area (Å²) in [6.45, 7) is -0.382. The van der Waals surface area contributed by atoms with Crippen LogP contribution in [0.2, 0.25) is 0 Å². The van der Waals surface area contributed by atoms with Gasteiger partial charge < -0.3 is 4.74 Å². The fourth-order valence-corrected chi connectivity index (χ4v) is 3.22. The van der Waals surface area contributed by atoms with E-state index in [0.717, 1.165) is 38.6 Å². The molecule has 0 aliphatic heterocycles. The highest BCUT2D eigenvalue weighted by Gasteiger charge is 2.23. The number of rotatable bonds is 6. The Morgan fingerprint density at radius 2 is 1.71 bits per heavy atom. The van der Waals surface area contributed by atoms with Gasteiger partial charge in [0.2, 0.25) is 10.0 Å². The first-order chi connectivity index (χ1) is 11.3. The molecule has 0 N–H and O–H groups in total. The summed E-state index contributed by atoms with van der Waals surface area (Å²) in [5.41, 5.74) is 0.788. The fraction of sp³-hybridized carbons (Fsp3) is 0.188.